The molecule has 0 bridgehead atoms. The molecule has 0 atom stereocenters. The minimum Gasteiger partial charge on any atom is -0.340 e. The first-order valence-corrected chi connectivity index (χ1v) is 8.91. The van der Waals surface area contributed by atoms with E-state index in [0.29, 0.717) is 12.2 Å². The fraction of sp³-hybridized carbons (Fsp3) is 0.600. The molecule has 1 aromatic rings. The van der Waals surface area contributed by atoms with Crippen molar-refractivity contribution in [1.82, 2.24) is 9.88 Å². The molecule has 6 heteroatoms. The van der Waals surface area contributed by atoms with E-state index in [1.54, 1.807) is 14.0 Å². The number of amides is 1. The highest BCUT2D eigenvalue weighted by Crippen LogP contribution is 2.12. The first-order valence-electron chi connectivity index (χ1n) is 7.26. The monoisotopic (exact) mass is 316 g/mol. The Morgan fingerprint density at radius 3 is 2.19 bits per heavy atom. The highest BCUT2D eigenvalue weighted by Gasteiger charge is 2.13. The molecule has 0 fully saturated rings. The van der Waals surface area contributed by atoms with E-state index in [-0.39, 0.29) is 16.6 Å². The normalized spacial score (nSPS) is 9.67. The topological polar surface area (TPSA) is 67.3 Å². The molecule has 0 N–H and O–H groups in total. The summed E-state index contributed by atoms with van der Waals surface area (Å²) in [6.07, 6.45) is 1.45. The van der Waals surface area contributed by atoms with Gasteiger partial charge in [0.25, 0.3) is 0 Å². The Hall–Kier alpha value is -1.43. The average Bonchev–Trinajstić information content (AvgIpc) is 2.51. The van der Waals surface area contributed by atoms with Crippen molar-refractivity contribution in [2.24, 2.45) is 0 Å². The molecule has 1 heterocycles. The van der Waals surface area contributed by atoms with Crippen LogP contribution in [-0.4, -0.2) is 37.0 Å². The molecule has 0 aliphatic carbocycles. The summed E-state index contributed by atoms with van der Waals surface area (Å²) >= 11 is 0. The third kappa shape index (κ3) is 7.80. The van der Waals surface area contributed by atoms with E-state index in [1.807, 2.05) is 27.7 Å². The molecule has 0 aliphatic heterocycles. The van der Waals surface area contributed by atoms with E-state index in [0.717, 1.165) is 0 Å². The van der Waals surface area contributed by atoms with Gasteiger partial charge in [0.2, 0.25) is 5.91 Å². The van der Waals surface area contributed by atoms with Crippen molar-refractivity contribution in [3.63, 3.8) is 0 Å². The van der Waals surface area contributed by atoms with Crippen LogP contribution in [0.2, 0.25) is 0 Å². The first kappa shape index (κ1) is 21.9. The molecule has 21 heavy (non-hydrogen) atoms. The van der Waals surface area contributed by atoms with Crippen LogP contribution in [-0.2, 0) is 21.2 Å². The van der Waals surface area contributed by atoms with E-state index >= 15 is 0 Å². The van der Waals surface area contributed by atoms with Crippen molar-refractivity contribution in [1.29, 1.82) is 0 Å². The van der Waals surface area contributed by atoms with Gasteiger partial charge < -0.3 is 4.90 Å². The molecule has 1 rings (SSSR count). The van der Waals surface area contributed by atoms with Crippen LogP contribution < -0.4 is 0 Å². The van der Waals surface area contributed by atoms with E-state index in [4.69, 9.17) is 0 Å². The average molecular weight is 316 g/mol. The lowest BCUT2D eigenvalue weighted by atomic mass is 10.3. The van der Waals surface area contributed by atoms with Crippen LogP contribution in [0.5, 0.6) is 0 Å². The van der Waals surface area contributed by atoms with Gasteiger partial charge in [-0.15, -0.1) is 0 Å². The molecule has 0 unspecified atom stereocenters. The Labute approximate surface area is 129 Å². The lowest BCUT2D eigenvalue weighted by molar-refractivity contribution is -0.128. The zero-order chi connectivity index (χ0) is 17.1. The molecule has 0 aromatic carbocycles. The van der Waals surface area contributed by atoms with Crippen LogP contribution in [0.1, 0.15) is 47.2 Å². The SMILES string of the molecule is CC.CC.CCS(=O)(=O)c1ccnc(CN(C)C(C)=O)c1. The summed E-state index contributed by atoms with van der Waals surface area (Å²) in [5.74, 6) is -0.0329. The van der Waals surface area contributed by atoms with Crippen molar-refractivity contribution >= 4 is 15.7 Å². The van der Waals surface area contributed by atoms with E-state index in [9.17, 15) is 13.2 Å². The van der Waals surface area contributed by atoms with Gasteiger partial charge in [0.15, 0.2) is 9.84 Å². The maximum absolute atomic E-state index is 11.7. The van der Waals surface area contributed by atoms with Gasteiger partial charge in [-0.05, 0) is 12.1 Å². The highest BCUT2D eigenvalue weighted by molar-refractivity contribution is 7.91. The van der Waals surface area contributed by atoms with E-state index in [1.165, 1.54) is 30.2 Å². The van der Waals surface area contributed by atoms with Crippen LogP contribution in [0.15, 0.2) is 23.2 Å². The summed E-state index contributed by atoms with van der Waals surface area (Å²) in [5, 5.41) is 0. The Balaban J connectivity index is 0. The highest BCUT2D eigenvalue weighted by atomic mass is 32.2. The minimum absolute atomic E-state index is 0.0546. The van der Waals surface area contributed by atoms with Gasteiger partial charge >= 0.3 is 0 Å². The van der Waals surface area contributed by atoms with Gasteiger partial charge in [-0.2, -0.15) is 0 Å². The summed E-state index contributed by atoms with van der Waals surface area (Å²) in [6.45, 7) is 11.4. The molecule has 0 radical (unpaired) electrons. The first-order chi connectivity index (χ1) is 9.86. The predicted octanol–water partition coefficient (Wildman–Crippen LogP) is 2.91. The fourth-order valence-electron chi connectivity index (χ4n) is 1.26. The predicted molar refractivity (Wildman–Crippen MR) is 86.8 cm³/mol. The largest absolute Gasteiger partial charge is 0.340 e. The maximum Gasteiger partial charge on any atom is 0.219 e. The number of carbonyl (C=O) groups is 1. The zero-order valence-electron chi connectivity index (χ0n) is 14.2. The van der Waals surface area contributed by atoms with Gasteiger partial charge in [-0.1, -0.05) is 34.6 Å². The Morgan fingerprint density at radius 1 is 1.24 bits per heavy atom. The molecule has 122 valence electrons. The quantitative estimate of drug-likeness (QED) is 0.856. The molecular formula is C15H28N2O3S. The standard InChI is InChI=1S/C11H16N2O3S.2C2H6/c1-4-17(15,16)11-5-6-12-10(7-11)8-13(3)9(2)14;2*1-2/h5-7H,4,8H2,1-3H3;2*1-2H3. The molecular weight excluding hydrogens is 288 g/mol. The summed E-state index contributed by atoms with van der Waals surface area (Å²) in [4.78, 5) is 16.8. The van der Waals surface area contributed by atoms with Crippen LogP contribution in [0, 0.1) is 0 Å². The summed E-state index contributed by atoms with van der Waals surface area (Å²) in [5.41, 5.74) is 0.567. The summed E-state index contributed by atoms with van der Waals surface area (Å²) < 4.78 is 23.3. The van der Waals surface area contributed by atoms with Crippen molar-refractivity contribution in [3.8, 4) is 0 Å². The van der Waals surface area contributed by atoms with Crippen molar-refractivity contribution in [3.05, 3.63) is 24.0 Å². The van der Waals surface area contributed by atoms with E-state index < -0.39 is 9.84 Å². The van der Waals surface area contributed by atoms with Gasteiger partial charge in [-0.25, -0.2) is 8.42 Å². The lowest BCUT2D eigenvalue weighted by Crippen LogP contribution is -2.23. The fourth-order valence-corrected chi connectivity index (χ4v) is 2.17. The van der Waals surface area contributed by atoms with E-state index in [2.05, 4.69) is 4.98 Å². The number of nitrogens with zero attached hydrogens (tertiary/aromatic N) is 2. The summed E-state index contributed by atoms with van der Waals surface area (Å²) in [6, 6.07) is 2.98. The molecule has 0 saturated heterocycles. The number of hydrogen-bond acceptors (Lipinski definition) is 4. The molecule has 0 aliphatic rings. The second-order valence-electron chi connectivity index (χ2n) is 3.76. The number of rotatable bonds is 4. The minimum atomic E-state index is -3.22. The second kappa shape index (κ2) is 11.3. The van der Waals surface area contributed by atoms with Crippen molar-refractivity contribution < 1.29 is 13.2 Å². The Morgan fingerprint density at radius 2 is 1.76 bits per heavy atom. The molecule has 1 aromatic heterocycles. The van der Waals surface area contributed by atoms with Gasteiger partial charge in [0, 0.05) is 20.2 Å². The third-order valence-corrected chi connectivity index (χ3v) is 4.20. The van der Waals surface area contributed by atoms with Gasteiger partial charge in [0.05, 0.1) is 22.9 Å². The van der Waals surface area contributed by atoms with Crippen LogP contribution in [0.25, 0.3) is 0 Å². The van der Waals surface area contributed by atoms with Crippen molar-refractivity contribution in [2.45, 2.75) is 53.0 Å². The zero-order valence-corrected chi connectivity index (χ0v) is 15.0. The molecule has 5 nitrogen and oxygen atoms in total. The van der Waals surface area contributed by atoms with Crippen molar-refractivity contribution in [2.75, 3.05) is 12.8 Å². The van der Waals surface area contributed by atoms with Crippen LogP contribution in [0.4, 0.5) is 0 Å². The third-order valence-electron chi connectivity index (χ3n) is 2.46. The van der Waals surface area contributed by atoms with Crippen LogP contribution >= 0.6 is 0 Å². The number of pyridine rings is 1. The van der Waals surface area contributed by atoms with Crippen LogP contribution in [0.3, 0.4) is 0 Å². The maximum atomic E-state index is 11.7. The summed E-state index contributed by atoms with van der Waals surface area (Å²) in [7, 11) is -1.58. The lowest BCUT2D eigenvalue weighted by Gasteiger charge is -2.14. The Bertz CT molecular complexity index is 513. The number of aromatic nitrogens is 1. The number of sulfone groups is 1. The molecule has 0 saturated carbocycles. The Kier molecular flexibility index (Phi) is 11.7. The number of carbonyl (C=O) groups excluding carboxylic acids is 1. The number of hydrogen-bond donors (Lipinski definition) is 0. The van der Waals surface area contributed by atoms with Gasteiger partial charge in [0.1, 0.15) is 0 Å². The van der Waals surface area contributed by atoms with Gasteiger partial charge in [-0.3, -0.25) is 9.78 Å². The smallest absolute Gasteiger partial charge is 0.219 e. The second-order valence-corrected chi connectivity index (χ2v) is 6.04. The molecule has 0 spiro atoms. The molecule has 1 amide bonds.